The molecule has 10 fully saturated rings. The molecule has 6 bridgehead atoms. The van der Waals surface area contributed by atoms with Crippen LogP contribution in [0.2, 0.25) is 0 Å². The molecule has 3 N–H and O–H groups in total. The zero-order valence-electron chi connectivity index (χ0n) is 73.3. The average molecular weight is 1770 g/mol. The van der Waals surface area contributed by atoms with Crippen molar-refractivity contribution < 1.29 is 91.7 Å². The Balaban J connectivity index is 0.000000160. The Bertz CT molecular complexity index is 5200. The summed E-state index contributed by atoms with van der Waals surface area (Å²) in [6.45, 7) is 23.5. The van der Waals surface area contributed by atoms with E-state index in [9.17, 15) is 39.0 Å². The number of carboxylic acids is 2. The van der Waals surface area contributed by atoms with Crippen molar-refractivity contribution in [3.63, 3.8) is 0 Å². The van der Waals surface area contributed by atoms with Gasteiger partial charge in [0, 0.05) is 123 Å². The number of carboxylic acid groups (broad SMARTS) is 2. The van der Waals surface area contributed by atoms with Crippen molar-refractivity contribution in [2.75, 3.05) is 108 Å². The Morgan fingerprint density at radius 2 is 0.712 bits per heavy atom. The summed E-state index contributed by atoms with van der Waals surface area (Å²) < 4.78 is 34.0. The van der Waals surface area contributed by atoms with Gasteiger partial charge in [0.1, 0.15) is 37.1 Å². The van der Waals surface area contributed by atoms with E-state index in [1.165, 1.54) is 52.7 Å². The number of halogens is 1. The molecule has 6 aromatic carbocycles. The number of fused-ring (bicyclic) bond motifs is 6. The number of hydrogen-bond acceptors (Lipinski definition) is 22. The predicted octanol–water partition coefficient (Wildman–Crippen LogP) is 15.8. The molecule has 10 aliphatic rings. The topological polar surface area (TPSA) is 283 Å². The van der Waals surface area contributed by atoms with Gasteiger partial charge in [0.15, 0.2) is 15.4 Å². The molecule has 4 saturated carbocycles. The molecule has 0 spiro atoms. The first-order chi connectivity index (χ1) is 59.1. The summed E-state index contributed by atoms with van der Waals surface area (Å²) in [6.07, 6.45) is 17.0. The number of hydrogen-bond donors (Lipinski definition) is 2. The first-order valence-electron chi connectivity index (χ1n) is 43.5. The summed E-state index contributed by atoms with van der Waals surface area (Å²) in [7, 11) is 2.98. The number of carbonyl (C=O) groups excluding carboxylic acids is 4. The van der Waals surface area contributed by atoms with Crippen LogP contribution in [0.1, 0.15) is 171 Å². The summed E-state index contributed by atoms with van der Waals surface area (Å²) in [6, 6.07) is 35.2. The van der Waals surface area contributed by atoms with Crippen LogP contribution < -0.4 is 47.8 Å². The number of carbonyl (C=O) groups is 6. The summed E-state index contributed by atoms with van der Waals surface area (Å²) in [4.78, 5) is 98.4. The van der Waals surface area contributed by atoms with Gasteiger partial charge >= 0.3 is 42.7 Å². The zero-order valence-corrected chi connectivity index (χ0v) is 76.5. The van der Waals surface area contributed by atoms with Crippen LogP contribution >= 0.6 is 46.4 Å². The zero-order chi connectivity index (χ0) is 85.2. The molecule has 28 heteroatoms. The molecule has 19 rings (SSSR count). The van der Waals surface area contributed by atoms with Crippen molar-refractivity contribution in [2.45, 2.75) is 151 Å². The number of methoxy groups -OCH3 is 2. The number of piperidine rings is 3. The van der Waals surface area contributed by atoms with Gasteiger partial charge in [-0.3, -0.25) is 24.0 Å². The van der Waals surface area contributed by atoms with Crippen molar-refractivity contribution in [1.82, 2.24) is 24.8 Å². The van der Waals surface area contributed by atoms with Crippen molar-refractivity contribution in [3.05, 3.63) is 192 Å². The molecule has 2 amide bonds. The quantitative estimate of drug-likeness (QED) is 0.0499. The fourth-order valence-corrected chi connectivity index (χ4v) is 21.2. The predicted molar refractivity (Wildman–Crippen MR) is 487 cm³/mol. The number of likely N-dealkylation sites (tertiary alicyclic amines) is 2. The summed E-state index contributed by atoms with van der Waals surface area (Å²) >= 11 is 4.88. The fourth-order valence-electron chi connectivity index (χ4n) is 18.7. The summed E-state index contributed by atoms with van der Waals surface area (Å²) in [5, 5.41) is 28.0. The van der Waals surface area contributed by atoms with E-state index in [0.29, 0.717) is 43.5 Å². The second-order valence-electron chi connectivity index (χ2n) is 34.6. The molecule has 660 valence electrons. The van der Waals surface area contributed by atoms with E-state index in [1.807, 2.05) is 104 Å². The molecule has 0 radical (unpaired) electrons. The third kappa shape index (κ3) is 22.4. The smallest absolute Gasteiger partial charge is 0.870 e. The van der Waals surface area contributed by atoms with E-state index in [1.54, 1.807) is 52.2 Å². The van der Waals surface area contributed by atoms with E-state index >= 15 is 0 Å². The Kier molecular flexibility index (Phi) is 32.9. The van der Waals surface area contributed by atoms with Gasteiger partial charge < -0.3 is 68.6 Å². The Morgan fingerprint density at radius 3 is 0.968 bits per heavy atom. The second kappa shape index (κ2) is 43.4. The molecular weight excluding hydrogens is 1660 g/mol. The summed E-state index contributed by atoms with van der Waals surface area (Å²) in [5.41, 5.74) is 16.7. The summed E-state index contributed by atoms with van der Waals surface area (Å²) in [5.74, 6) is 2.32. The third-order valence-electron chi connectivity index (χ3n) is 26.3. The number of rotatable bonds is 21. The van der Waals surface area contributed by atoms with Gasteiger partial charge in [0.05, 0.1) is 54.6 Å². The molecule has 9 heterocycles. The third-order valence-corrected chi connectivity index (χ3v) is 29.0. The van der Waals surface area contributed by atoms with Gasteiger partial charge in [-0.2, -0.15) is 0 Å². The van der Waals surface area contributed by atoms with Crippen LogP contribution in [0.5, 0.6) is 17.2 Å². The molecule has 6 saturated heterocycles. The van der Waals surface area contributed by atoms with Gasteiger partial charge in [-0.25, -0.2) is 19.7 Å². The maximum atomic E-state index is 12.6. The first kappa shape index (κ1) is 94.8. The number of aliphatic carboxylic acids is 1. The molecule has 4 aliphatic carbocycles. The van der Waals surface area contributed by atoms with Gasteiger partial charge in [0.25, 0.3) is 11.8 Å². The van der Waals surface area contributed by atoms with Gasteiger partial charge in [0.2, 0.25) is 0 Å². The van der Waals surface area contributed by atoms with Gasteiger partial charge in [-0.1, -0.05) is 78.8 Å². The van der Waals surface area contributed by atoms with E-state index < -0.39 is 11.9 Å². The molecule has 9 aromatic rings. The van der Waals surface area contributed by atoms with Gasteiger partial charge in [-0.05, 0) is 247 Å². The number of thiazole rings is 3. The minimum absolute atomic E-state index is 0. The first-order valence-corrected chi connectivity index (χ1v) is 46.2. The van der Waals surface area contributed by atoms with E-state index in [2.05, 4.69) is 69.0 Å². The Hall–Kier alpha value is -9.36. The van der Waals surface area contributed by atoms with Crippen molar-refractivity contribution >= 4 is 97.5 Å². The largest absolute Gasteiger partial charge is 1.00 e. The number of aromatic nitrogens is 3. The second-order valence-corrected chi connectivity index (χ2v) is 37.1. The number of amides is 2. The number of esters is 2. The molecule has 125 heavy (non-hydrogen) atoms. The van der Waals surface area contributed by atoms with Crippen LogP contribution in [0, 0.1) is 94.8 Å². The molecule has 6 aliphatic heterocycles. The van der Waals surface area contributed by atoms with E-state index in [4.69, 9.17) is 43.4 Å². The van der Waals surface area contributed by atoms with Crippen LogP contribution in [0.15, 0.2) is 125 Å². The van der Waals surface area contributed by atoms with Crippen LogP contribution in [-0.4, -0.2) is 169 Å². The number of nitrogens with zero attached hydrogens (tertiary/aromatic N) is 8. The standard InChI is InChI=1S/C31H35N3O4S.C30H33N3O4S.C28H30N2O5S.C4H8O.C4H8.ClH.Li.H2O/c1-19-5-10-27(38-17-24-9-6-21(14-20(24)2)29(35)33-11-4-12-33)25(13-19)26-18-39-31(32-26)34-15-22-7-8-23(16-34)28(22)30(36)37-3;1-18-4-9-26(37-16-23-8-5-20(13-19(23)2)28(34)32-10-3-11-32)24(12-18)25-17-38-30(31-25)33-14-21-6-7-22(15-33)27(21)29(35)36;1-16-4-9-24(35-14-21-8-5-18(26(31)32)11-17(21)2)22(10-16)23-15-36-28(29-23)30-12-19-6-7-20(13-30)25(19)27(33)34-3;1-2-4-5-3-1;1-2-4-3-1;;;/h5-6,9-10,13-14,18,22-23,28H,4,7-8,11-12,15-17H2,1-3H3;4-5,8-9,12-13,17,21-22,27H,3,6-7,10-11,14-16H2,1-2H3,(H,35,36);4-5,8-11,15,19-20,25H,6-7,12-14H2,1-3H3,(H,31,32);1-4H2;1-4H2;1H;;1H2/q;;;;;;+1;/p-1. The number of benzene rings is 6. The van der Waals surface area contributed by atoms with E-state index in [-0.39, 0.29) is 95.6 Å². The molecule has 6 atom stereocenters. The fraction of sp³-hybridized carbons (Fsp3) is 0.474. The normalized spacial score (nSPS) is 21.4. The Morgan fingerprint density at radius 1 is 0.408 bits per heavy atom. The minimum atomic E-state index is -0.937. The van der Waals surface area contributed by atoms with E-state index in [0.717, 1.165) is 258 Å². The average Bonchev–Trinajstić information content (AvgIpc) is 1.64. The van der Waals surface area contributed by atoms with Crippen molar-refractivity contribution in [3.8, 4) is 51.0 Å². The molecule has 6 unspecified atom stereocenters. The maximum absolute atomic E-state index is 12.6. The molecule has 3 aromatic heterocycles. The number of ether oxygens (including phenoxy) is 6. The van der Waals surface area contributed by atoms with Gasteiger partial charge in [-0.15, -0.1) is 46.4 Å². The van der Waals surface area contributed by atoms with Crippen LogP contribution in [-0.2, 0) is 48.4 Å². The number of anilines is 3. The maximum Gasteiger partial charge on any atom is 1.00 e. The number of aryl methyl sites for hydroxylation is 6. The molecule has 23 nitrogen and oxygen atoms in total. The number of aromatic carboxylic acids is 1. The van der Waals surface area contributed by atoms with Crippen LogP contribution in [0.4, 0.5) is 15.4 Å². The van der Waals surface area contributed by atoms with Crippen LogP contribution in [0.25, 0.3) is 33.8 Å². The monoisotopic (exact) mass is 1770 g/mol. The Labute approximate surface area is 763 Å². The van der Waals surface area contributed by atoms with Crippen molar-refractivity contribution in [2.24, 2.45) is 53.3 Å². The molecular formula is C97H116ClLiN8O15S3. The SMILES string of the molecule is C1CCC1.C1CCOC1.COC(=O)C1C2CCC1CN(c1nc(-c3cc(C)ccc3OCc3ccc(C(=O)N4CCC4)cc3C)cs1)C2.COC(=O)C1C2CCC1CN(c1nc(-c3cc(C)ccc3OCc3ccc(C(=O)O)cc3C)cs1)C2.Cc1ccc(OCc2ccc(C(=O)N3CCC3)cc2C)c(-c2csc(N3CC4CCC(C3)C4C(=O)O)n2)c1.Cl.[Li+].[OH-]. The minimum Gasteiger partial charge on any atom is -0.870 e. The van der Waals surface area contributed by atoms with Crippen molar-refractivity contribution in [1.29, 1.82) is 0 Å². The van der Waals surface area contributed by atoms with Crippen LogP contribution in [0.3, 0.4) is 0 Å².